The molecule has 2 rings (SSSR count). The van der Waals surface area contributed by atoms with Crippen molar-refractivity contribution in [1.82, 2.24) is 10.3 Å². The molecule has 0 spiro atoms. The summed E-state index contributed by atoms with van der Waals surface area (Å²) >= 11 is 7.23. The van der Waals surface area contributed by atoms with Gasteiger partial charge >= 0.3 is 6.09 Å². The van der Waals surface area contributed by atoms with E-state index in [-0.39, 0.29) is 18.9 Å². The Hall–Kier alpha value is -1.86. The molecule has 0 aliphatic heterocycles. The Labute approximate surface area is 124 Å². The van der Waals surface area contributed by atoms with Crippen LogP contribution in [0.1, 0.15) is 6.42 Å². The van der Waals surface area contributed by atoms with Crippen LogP contribution in [0.4, 0.5) is 9.93 Å². The third kappa shape index (κ3) is 3.82. The number of rotatable bonds is 4. The number of nitrogens with one attached hydrogen (secondary N) is 2. The number of amides is 2. The van der Waals surface area contributed by atoms with E-state index in [9.17, 15) is 9.59 Å². The van der Waals surface area contributed by atoms with E-state index in [1.807, 2.05) is 0 Å². The lowest BCUT2D eigenvalue weighted by Gasteiger charge is -2.03. The molecule has 106 valence electrons. The van der Waals surface area contributed by atoms with Gasteiger partial charge in [-0.1, -0.05) is 22.9 Å². The van der Waals surface area contributed by atoms with Crippen LogP contribution in [0.25, 0.3) is 10.2 Å². The van der Waals surface area contributed by atoms with Crippen LogP contribution < -0.4 is 10.6 Å². The summed E-state index contributed by atoms with van der Waals surface area (Å²) in [7, 11) is 1.27. The fraction of sp³-hybridized carbons (Fsp3) is 0.250. The lowest BCUT2D eigenvalue weighted by atomic mass is 10.3. The van der Waals surface area contributed by atoms with Crippen LogP contribution in [0.3, 0.4) is 0 Å². The number of carbonyl (C=O) groups is 2. The van der Waals surface area contributed by atoms with Crippen LogP contribution in [-0.4, -0.2) is 30.6 Å². The van der Waals surface area contributed by atoms with Gasteiger partial charge in [0.15, 0.2) is 5.13 Å². The highest BCUT2D eigenvalue weighted by Gasteiger charge is 2.08. The number of methoxy groups -OCH3 is 1. The number of alkyl carbamates (subject to hydrolysis) is 1. The maximum Gasteiger partial charge on any atom is 0.406 e. The van der Waals surface area contributed by atoms with E-state index in [0.29, 0.717) is 10.2 Å². The Morgan fingerprint density at radius 3 is 3.00 bits per heavy atom. The number of hydrogen-bond acceptors (Lipinski definition) is 5. The van der Waals surface area contributed by atoms with Gasteiger partial charge in [0.1, 0.15) is 0 Å². The molecule has 0 unspecified atom stereocenters. The van der Waals surface area contributed by atoms with Crippen LogP contribution in [0.15, 0.2) is 18.2 Å². The minimum absolute atomic E-state index is 0.145. The largest absolute Gasteiger partial charge is 0.453 e. The van der Waals surface area contributed by atoms with E-state index < -0.39 is 6.09 Å². The number of thiazole rings is 1. The average molecular weight is 314 g/mol. The second kappa shape index (κ2) is 6.53. The maximum atomic E-state index is 11.7. The third-order valence-electron chi connectivity index (χ3n) is 2.40. The molecule has 0 fully saturated rings. The van der Waals surface area contributed by atoms with E-state index in [2.05, 4.69) is 20.4 Å². The SMILES string of the molecule is COC(=O)NCCC(=O)Nc1nc2ccc(Cl)cc2s1. The maximum absolute atomic E-state index is 11.7. The number of nitrogens with zero attached hydrogens (tertiary/aromatic N) is 1. The summed E-state index contributed by atoms with van der Waals surface area (Å²) in [6, 6.07) is 5.33. The standard InChI is InChI=1S/C12H12ClN3O3S/c1-19-12(18)14-5-4-10(17)16-11-15-8-3-2-7(13)6-9(8)20-11/h2-3,6H,4-5H2,1H3,(H,14,18)(H,15,16,17). The minimum atomic E-state index is -0.563. The molecule has 0 saturated heterocycles. The van der Waals surface area contributed by atoms with Gasteiger partial charge in [0.05, 0.1) is 17.3 Å². The number of fused-ring (bicyclic) bond motifs is 1. The number of benzene rings is 1. The second-order valence-electron chi connectivity index (χ2n) is 3.85. The topological polar surface area (TPSA) is 80.3 Å². The van der Waals surface area contributed by atoms with E-state index in [0.717, 1.165) is 10.2 Å². The molecule has 1 aromatic heterocycles. The molecule has 8 heteroatoms. The monoisotopic (exact) mass is 313 g/mol. The van der Waals surface area contributed by atoms with Crippen LogP contribution >= 0.6 is 22.9 Å². The highest BCUT2D eigenvalue weighted by molar-refractivity contribution is 7.22. The van der Waals surface area contributed by atoms with Gasteiger partial charge < -0.3 is 15.4 Å². The van der Waals surface area contributed by atoms with Crippen LogP contribution in [-0.2, 0) is 9.53 Å². The molecule has 1 aromatic carbocycles. The number of anilines is 1. The van der Waals surface area contributed by atoms with Gasteiger partial charge in [0.25, 0.3) is 0 Å². The minimum Gasteiger partial charge on any atom is -0.453 e. The van der Waals surface area contributed by atoms with Gasteiger partial charge in [-0.05, 0) is 18.2 Å². The van der Waals surface area contributed by atoms with Crippen LogP contribution in [0.5, 0.6) is 0 Å². The van der Waals surface area contributed by atoms with Crippen molar-refractivity contribution in [1.29, 1.82) is 0 Å². The Kier molecular flexibility index (Phi) is 4.75. The van der Waals surface area contributed by atoms with Crippen molar-refractivity contribution in [3.8, 4) is 0 Å². The Morgan fingerprint density at radius 2 is 2.25 bits per heavy atom. The molecule has 0 aliphatic carbocycles. The second-order valence-corrected chi connectivity index (χ2v) is 5.31. The molecule has 0 radical (unpaired) electrons. The van der Waals surface area contributed by atoms with Crippen molar-refractivity contribution in [2.24, 2.45) is 0 Å². The zero-order chi connectivity index (χ0) is 14.5. The van der Waals surface area contributed by atoms with Crippen molar-refractivity contribution in [2.75, 3.05) is 19.0 Å². The van der Waals surface area contributed by atoms with Gasteiger partial charge in [-0.3, -0.25) is 4.79 Å². The zero-order valence-corrected chi connectivity index (χ0v) is 12.2. The van der Waals surface area contributed by atoms with Crippen LogP contribution in [0.2, 0.25) is 5.02 Å². The summed E-state index contributed by atoms with van der Waals surface area (Å²) in [6.07, 6.45) is -0.418. The first-order valence-corrected chi connectivity index (χ1v) is 6.95. The number of aromatic nitrogens is 1. The Bertz CT molecular complexity index is 644. The molecule has 2 N–H and O–H groups in total. The normalized spacial score (nSPS) is 10.3. The van der Waals surface area contributed by atoms with Crippen LogP contribution in [0, 0.1) is 0 Å². The van der Waals surface area contributed by atoms with Crippen molar-refractivity contribution >= 4 is 50.3 Å². The smallest absolute Gasteiger partial charge is 0.406 e. The molecule has 0 bridgehead atoms. The van der Waals surface area contributed by atoms with E-state index in [1.165, 1.54) is 18.4 Å². The number of ether oxygens (including phenoxy) is 1. The van der Waals surface area contributed by atoms with E-state index in [4.69, 9.17) is 11.6 Å². The summed E-state index contributed by atoms with van der Waals surface area (Å²) in [5, 5.41) is 6.23. The molecule has 0 saturated carbocycles. The summed E-state index contributed by atoms with van der Waals surface area (Å²) in [6.45, 7) is 0.204. The first kappa shape index (κ1) is 14.5. The van der Waals surface area contributed by atoms with Gasteiger partial charge in [0, 0.05) is 18.0 Å². The van der Waals surface area contributed by atoms with Gasteiger partial charge in [-0.2, -0.15) is 0 Å². The van der Waals surface area contributed by atoms with E-state index in [1.54, 1.807) is 18.2 Å². The lowest BCUT2D eigenvalue weighted by Crippen LogP contribution is -2.27. The predicted octanol–water partition coefficient (Wildman–Crippen LogP) is 2.63. The first-order valence-electron chi connectivity index (χ1n) is 5.76. The summed E-state index contributed by atoms with van der Waals surface area (Å²) in [5.41, 5.74) is 0.780. The average Bonchev–Trinajstić information content (AvgIpc) is 2.79. The quantitative estimate of drug-likeness (QED) is 0.909. The van der Waals surface area contributed by atoms with Gasteiger partial charge in [0.2, 0.25) is 5.91 Å². The Morgan fingerprint density at radius 1 is 1.45 bits per heavy atom. The first-order chi connectivity index (χ1) is 9.58. The highest BCUT2D eigenvalue weighted by atomic mass is 35.5. The van der Waals surface area contributed by atoms with Gasteiger partial charge in [-0.15, -0.1) is 0 Å². The molecule has 20 heavy (non-hydrogen) atoms. The van der Waals surface area contributed by atoms with Gasteiger partial charge in [-0.25, -0.2) is 9.78 Å². The Balaban J connectivity index is 1.91. The number of hydrogen-bond donors (Lipinski definition) is 2. The predicted molar refractivity (Wildman–Crippen MR) is 78.3 cm³/mol. The molecule has 2 aromatic rings. The molecule has 1 heterocycles. The molecular weight excluding hydrogens is 302 g/mol. The summed E-state index contributed by atoms with van der Waals surface area (Å²) < 4.78 is 5.30. The molecule has 0 aliphatic rings. The highest BCUT2D eigenvalue weighted by Crippen LogP contribution is 2.28. The number of carbonyl (C=O) groups excluding carboxylic acids is 2. The summed E-state index contributed by atoms with van der Waals surface area (Å²) in [4.78, 5) is 26.7. The van der Waals surface area contributed by atoms with Crippen molar-refractivity contribution in [3.63, 3.8) is 0 Å². The zero-order valence-electron chi connectivity index (χ0n) is 10.6. The van der Waals surface area contributed by atoms with Crippen molar-refractivity contribution < 1.29 is 14.3 Å². The van der Waals surface area contributed by atoms with Crippen molar-refractivity contribution in [2.45, 2.75) is 6.42 Å². The summed E-state index contributed by atoms with van der Waals surface area (Å²) in [5.74, 6) is -0.230. The van der Waals surface area contributed by atoms with E-state index >= 15 is 0 Å². The fourth-order valence-electron chi connectivity index (χ4n) is 1.48. The molecular formula is C12H12ClN3O3S. The molecule has 2 amide bonds. The number of halogens is 1. The third-order valence-corrected chi connectivity index (χ3v) is 3.57. The molecule has 0 atom stereocenters. The fourth-order valence-corrected chi connectivity index (χ4v) is 2.64. The lowest BCUT2D eigenvalue weighted by molar-refractivity contribution is -0.116. The van der Waals surface area contributed by atoms with Crippen molar-refractivity contribution in [3.05, 3.63) is 23.2 Å². The molecule has 6 nitrogen and oxygen atoms in total.